The molecule has 2 aromatic carbocycles. The number of amides is 1. The number of hydrazine groups is 1. The number of carbonyl (C=O) groups is 1. The third kappa shape index (κ3) is 1.69. The molecule has 2 heterocycles. The Bertz CT molecular complexity index is 836. The zero-order valence-corrected chi connectivity index (χ0v) is 11.6. The van der Waals surface area contributed by atoms with Gasteiger partial charge in [-0.3, -0.25) is 10.2 Å². The molecule has 0 saturated heterocycles. The number of nitrogens with one attached hydrogen (secondary N) is 2. The summed E-state index contributed by atoms with van der Waals surface area (Å²) >= 11 is 0. The summed E-state index contributed by atoms with van der Waals surface area (Å²) in [5.41, 5.74) is 9.89. The van der Waals surface area contributed by atoms with E-state index in [2.05, 4.69) is 29.1 Å². The van der Waals surface area contributed by atoms with E-state index in [1.807, 2.05) is 48.0 Å². The SMILES string of the molecule is Cn1c2c(c3ccccc31)C(c1ccccc1)NNC2=O. The van der Waals surface area contributed by atoms with Crippen LogP contribution in [0.5, 0.6) is 0 Å². The van der Waals surface area contributed by atoms with Crippen LogP contribution in [0.2, 0.25) is 0 Å². The van der Waals surface area contributed by atoms with Gasteiger partial charge in [-0.2, -0.15) is 0 Å². The van der Waals surface area contributed by atoms with E-state index in [-0.39, 0.29) is 11.9 Å². The molecule has 1 aliphatic rings. The second-order valence-electron chi connectivity index (χ2n) is 5.28. The van der Waals surface area contributed by atoms with E-state index in [0.29, 0.717) is 0 Å². The maximum Gasteiger partial charge on any atom is 0.282 e. The van der Waals surface area contributed by atoms with Crippen molar-refractivity contribution >= 4 is 16.8 Å². The number of hydrogen-bond acceptors (Lipinski definition) is 2. The van der Waals surface area contributed by atoms with Gasteiger partial charge in [0.1, 0.15) is 5.69 Å². The highest BCUT2D eigenvalue weighted by molar-refractivity contribution is 6.03. The lowest BCUT2D eigenvalue weighted by Crippen LogP contribution is -2.46. The van der Waals surface area contributed by atoms with Crippen LogP contribution in [0.15, 0.2) is 54.6 Å². The molecule has 0 saturated carbocycles. The maximum absolute atomic E-state index is 12.3. The number of hydrogen-bond donors (Lipinski definition) is 2. The van der Waals surface area contributed by atoms with Gasteiger partial charge < -0.3 is 4.57 Å². The summed E-state index contributed by atoms with van der Waals surface area (Å²) in [6.45, 7) is 0. The minimum Gasteiger partial charge on any atom is -0.339 e. The van der Waals surface area contributed by atoms with Crippen LogP contribution in [0, 0.1) is 0 Å². The van der Waals surface area contributed by atoms with Crippen molar-refractivity contribution < 1.29 is 4.79 Å². The second-order valence-corrected chi connectivity index (χ2v) is 5.28. The number of para-hydroxylation sites is 1. The predicted octanol–water partition coefficient (Wildman–Crippen LogP) is 2.52. The average Bonchev–Trinajstić information content (AvgIpc) is 2.84. The second kappa shape index (κ2) is 4.46. The lowest BCUT2D eigenvalue weighted by atomic mass is 9.95. The van der Waals surface area contributed by atoms with Gasteiger partial charge in [0, 0.05) is 23.5 Å². The van der Waals surface area contributed by atoms with Crippen molar-refractivity contribution in [3.05, 3.63) is 71.4 Å². The van der Waals surface area contributed by atoms with Crippen LogP contribution in [0.4, 0.5) is 0 Å². The number of aryl methyl sites for hydroxylation is 1. The van der Waals surface area contributed by atoms with Crippen LogP contribution in [0.3, 0.4) is 0 Å². The van der Waals surface area contributed by atoms with Crippen molar-refractivity contribution in [3.8, 4) is 0 Å². The molecule has 21 heavy (non-hydrogen) atoms. The van der Waals surface area contributed by atoms with Crippen molar-refractivity contribution in [2.45, 2.75) is 6.04 Å². The van der Waals surface area contributed by atoms with Gasteiger partial charge in [-0.25, -0.2) is 5.43 Å². The zero-order valence-electron chi connectivity index (χ0n) is 11.6. The van der Waals surface area contributed by atoms with Gasteiger partial charge in [0.15, 0.2) is 0 Å². The number of carbonyl (C=O) groups excluding carboxylic acids is 1. The third-order valence-electron chi connectivity index (χ3n) is 4.11. The highest BCUT2D eigenvalue weighted by Crippen LogP contribution is 2.35. The number of rotatable bonds is 1. The topological polar surface area (TPSA) is 46.1 Å². The van der Waals surface area contributed by atoms with Crippen LogP contribution in [0.25, 0.3) is 10.9 Å². The first kappa shape index (κ1) is 12.2. The summed E-state index contributed by atoms with van der Waals surface area (Å²) in [5.74, 6) is -0.0871. The van der Waals surface area contributed by atoms with Gasteiger partial charge in [-0.15, -0.1) is 0 Å². The van der Waals surface area contributed by atoms with Gasteiger partial charge in [-0.05, 0) is 11.6 Å². The van der Waals surface area contributed by atoms with Gasteiger partial charge in [0.25, 0.3) is 5.91 Å². The van der Waals surface area contributed by atoms with Crippen molar-refractivity contribution in [1.29, 1.82) is 0 Å². The van der Waals surface area contributed by atoms with Crippen molar-refractivity contribution in [3.63, 3.8) is 0 Å². The van der Waals surface area contributed by atoms with Crippen LogP contribution >= 0.6 is 0 Å². The summed E-state index contributed by atoms with van der Waals surface area (Å²) in [4.78, 5) is 12.3. The van der Waals surface area contributed by atoms with Crippen molar-refractivity contribution in [1.82, 2.24) is 15.4 Å². The number of aromatic nitrogens is 1. The lowest BCUT2D eigenvalue weighted by molar-refractivity contribution is 0.0905. The van der Waals surface area contributed by atoms with E-state index in [1.54, 1.807) is 0 Å². The fourth-order valence-electron chi connectivity index (χ4n) is 3.15. The molecule has 0 spiro atoms. The number of benzene rings is 2. The van der Waals surface area contributed by atoms with Gasteiger partial charge in [-0.1, -0.05) is 48.5 Å². The number of fused-ring (bicyclic) bond motifs is 3. The summed E-state index contributed by atoms with van der Waals surface area (Å²) in [6.07, 6.45) is 0. The molecule has 1 unspecified atom stereocenters. The van der Waals surface area contributed by atoms with E-state index >= 15 is 0 Å². The molecule has 2 N–H and O–H groups in total. The summed E-state index contributed by atoms with van der Waals surface area (Å²) in [5, 5.41) is 1.12. The zero-order chi connectivity index (χ0) is 14.4. The van der Waals surface area contributed by atoms with E-state index in [0.717, 1.165) is 27.7 Å². The van der Waals surface area contributed by atoms with Crippen LogP contribution in [-0.2, 0) is 7.05 Å². The molecule has 1 aliphatic heterocycles. The first-order valence-electron chi connectivity index (χ1n) is 6.95. The first-order chi connectivity index (χ1) is 10.3. The molecule has 1 atom stereocenters. The third-order valence-corrected chi connectivity index (χ3v) is 4.11. The molecule has 3 aromatic rings. The minimum absolute atomic E-state index is 0.0370. The molecular weight excluding hydrogens is 262 g/mol. The van der Waals surface area contributed by atoms with E-state index < -0.39 is 0 Å². The Kier molecular flexibility index (Phi) is 2.59. The highest BCUT2D eigenvalue weighted by atomic mass is 16.2. The fourth-order valence-corrected chi connectivity index (χ4v) is 3.15. The number of nitrogens with zero attached hydrogens (tertiary/aromatic N) is 1. The Labute approximate surface area is 122 Å². The molecule has 4 rings (SSSR count). The first-order valence-corrected chi connectivity index (χ1v) is 6.95. The van der Waals surface area contributed by atoms with Crippen LogP contribution in [-0.4, -0.2) is 10.5 Å². The van der Waals surface area contributed by atoms with Gasteiger partial charge >= 0.3 is 0 Å². The minimum atomic E-state index is -0.0871. The van der Waals surface area contributed by atoms with Gasteiger partial charge in [0.05, 0.1) is 6.04 Å². The van der Waals surface area contributed by atoms with E-state index in [9.17, 15) is 4.79 Å². The Balaban J connectivity index is 2.04. The Morgan fingerprint density at radius 3 is 2.52 bits per heavy atom. The average molecular weight is 277 g/mol. The molecule has 0 bridgehead atoms. The summed E-state index contributed by atoms with van der Waals surface area (Å²) in [7, 11) is 1.94. The van der Waals surface area contributed by atoms with Crippen molar-refractivity contribution in [2.75, 3.05) is 0 Å². The Morgan fingerprint density at radius 1 is 1.00 bits per heavy atom. The van der Waals surface area contributed by atoms with Gasteiger partial charge in [0.2, 0.25) is 0 Å². The Hall–Kier alpha value is -2.59. The molecule has 1 aromatic heterocycles. The molecule has 4 heteroatoms. The predicted molar refractivity (Wildman–Crippen MR) is 81.8 cm³/mol. The molecule has 104 valence electrons. The quantitative estimate of drug-likeness (QED) is 0.718. The molecule has 4 nitrogen and oxygen atoms in total. The molecule has 0 aliphatic carbocycles. The standard InChI is InChI=1S/C17H15N3O/c1-20-13-10-6-5-9-12(13)14-15(11-7-3-2-4-8-11)18-19-17(21)16(14)20/h2-10,15,18H,1H3,(H,19,21). The largest absolute Gasteiger partial charge is 0.339 e. The highest BCUT2D eigenvalue weighted by Gasteiger charge is 2.31. The maximum atomic E-state index is 12.3. The smallest absolute Gasteiger partial charge is 0.282 e. The Morgan fingerprint density at radius 2 is 1.71 bits per heavy atom. The molecule has 1 amide bonds. The van der Waals surface area contributed by atoms with E-state index in [4.69, 9.17) is 0 Å². The molecular formula is C17H15N3O. The van der Waals surface area contributed by atoms with Crippen LogP contribution in [0.1, 0.15) is 27.7 Å². The van der Waals surface area contributed by atoms with Crippen LogP contribution < -0.4 is 10.9 Å². The fraction of sp³-hybridized carbons (Fsp3) is 0.118. The normalized spacial score (nSPS) is 17.6. The molecule has 0 radical (unpaired) electrons. The van der Waals surface area contributed by atoms with Crippen molar-refractivity contribution in [2.24, 2.45) is 7.05 Å². The van der Waals surface area contributed by atoms with E-state index in [1.165, 1.54) is 0 Å². The monoisotopic (exact) mass is 277 g/mol. The molecule has 0 fully saturated rings. The summed E-state index contributed by atoms with van der Waals surface area (Å²) < 4.78 is 1.97. The lowest BCUT2D eigenvalue weighted by Gasteiger charge is -2.26. The summed E-state index contributed by atoms with van der Waals surface area (Å²) in [6, 6.07) is 18.2.